The van der Waals surface area contributed by atoms with E-state index < -0.39 is 9.16 Å². The van der Waals surface area contributed by atoms with E-state index in [0.29, 0.717) is 0 Å². The van der Waals surface area contributed by atoms with Crippen molar-refractivity contribution >= 4 is 20.5 Å². The Kier molecular flexibility index (Phi) is 5.17. The summed E-state index contributed by atoms with van der Waals surface area (Å²) in [6, 6.07) is 14.5. The highest BCUT2D eigenvalue weighted by Gasteiger charge is 2.42. The van der Waals surface area contributed by atoms with Crippen molar-refractivity contribution in [2.45, 2.75) is 68.6 Å². The van der Waals surface area contributed by atoms with Crippen LogP contribution in [0.1, 0.15) is 59.1 Å². The topological polar surface area (TPSA) is 15.3 Å². The summed E-state index contributed by atoms with van der Waals surface area (Å²) < 4.78 is 0. The van der Waals surface area contributed by atoms with Crippen LogP contribution in [0.15, 0.2) is 70.2 Å². The molecule has 0 bridgehead atoms. The molecule has 0 unspecified atom stereocenters. The minimum absolute atomic E-state index is 0.123. The molecule has 2 aromatic carbocycles. The van der Waals surface area contributed by atoms with Crippen molar-refractivity contribution in [2.24, 2.45) is 0 Å². The Balaban J connectivity index is 2.07. The molecule has 0 radical (unpaired) electrons. The molecule has 1 N–H and O–H groups in total. The van der Waals surface area contributed by atoms with E-state index in [4.69, 9.17) is 0 Å². The predicted molar refractivity (Wildman–Crippen MR) is 146 cm³/mol. The number of anilines is 2. The molecule has 0 spiro atoms. The lowest BCUT2D eigenvalue weighted by atomic mass is 9.86. The van der Waals surface area contributed by atoms with Gasteiger partial charge in [-0.15, -0.1) is 0 Å². The van der Waals surface area contributed by atoms with E-state index in [1.165, 1.54) is 38.0 Å². The van der Waals surface area contributed by atoms with Gasteiger partial charge in [0.1, 0.15) is 0 Å². The lowest BCUT2D eigenvalue weighted by molar-refractivity contribution is 0.588. The summed E-state index contributed by atoms with van der Waals surface area (Å²) in [5.74, 6) is 0. The number of nitrogens with one attached hydrogen (secondary N) is 1. The predicted octanol–water partition coefficient (Wildman–Crippen LogP) is 7.50. The standard InChI is InChI=1S/C29H42N2S/c1-28(2,3)21-12-14-24-26(19-21)32(7,8,9)27-20-22(29(4,5)6)13-15-25(27)31(24)23-11-10-17-30-18-16-23/h11-16,18-20,30,32H,10,17H2,1-9H3. The van der Waals surface area contributed by atoms with E-state index in [-0.39, 0.29) is 10.8 Å². The van der Waals surface area contributed by atoms with Crippen molar-refractivity contribution in [2.75, 3.05) is 30.2 Å². The van der Waals surface area contributed by atoms with Crippen molar-refractivity contribution in [3.63, 3.8) is 0 Å². The van der Waals surface area contributed by atoms with Gasteiger partial charge in [-0.3, -0.25) is 0 Å². The van der Waals surface area contributed by atoms with Crippen LogP contribution in [0.4, 0.5) is 11.4 Å². The first kappa shape index (κ1) is 23.0. The fourth-order valence-corrected chi connectivity index (χ4v) is 8.31. The summed E-state index contributed by atoms with van der Waals surface area (Å²) in [6.45, 7) is 14.9. The van der Waals surface area contributed by atoms with Crippen LogP contribution in [-0.4, -0.2) is 25.3 Å². The zero-order chi connectivity index (χ0) is 23.6. The third-order valence-corrected chi connectivity index (χ3v) is 11.2. The van der Waals surface area contributed by atoms with Gasteiger partial charge < -0.3 is 10.2 Å². The number of benzene rings is 2. The Morgan fingerprint density at radius 2 is 1.28 bits per heavy atom. The summed E-state index contributed by atoms with van der Waals surface area (Å²) in [6.07, 6.45) is 15.4. The van der Waals surface area contributed by atoms with E-state index in [1.807, 2.05) is 0 Å². The third-order valence-electron chi connectivity index (χ3n) is 7.12. The fourth-order valence-electron chi connectivity index (χ4n) is 4.91. The maximum atomic E-state index is 3.39. The molecular weight excluding hydrogens is 408 g/mol. The molecule has 4 rings (SSSR count). The number of rotatable bonds is 1. The monoisotopic (exact) mass is 450 g/mol. The van der Waals surface area contributed by atoms with Gasteiger partial charge in [-0.1, -0.05) is 59.8 Å². The normalized spacial score (nSPS) is 20.7. The zero-order valence-corrected chi connectivity index (χ0v) is 22.4. The average Bonchev–Trinajstić information content (AvgIpc) is 2.95. The molecule has 0 saturated heterocycles. The van der Waals surface area contributed by atoms with Crippen LogP contribution in [0.2, 0.25) is 0 Å². The Hall–Kier alpha value is -2.13. The lowest BCUT2D eigenvalue weighted by Gasteiger charge is -2.59. The average molecular weight is 451 g/mol. The molecule has 0 fully saturated rings. The largest absolute Gasteiger partial charge is 0.391 e. The van der Waals surface area contributed by atoms with E-state index in [9.17, 15) is 0 Å². The first-order valence-corrected chi connectivity index (χ1v) is 15.5. The summed E-state index contributed by atoms with van der Waals surface area (Å²) >= 11 is 0. The molecule has 174 valence electrons. The maximum absolute atomic E-state index is 3.39. The molecule has 32 heavy (non-hydrogen) atoms. The van der Waals surface area contributed by atoms with Crippen LogP contribution in [0.5, 0.6) is 0 Å². The SMILES string of the molecule is CC(C)(C)c1ccc2c(c1)[SH](C)(C)(C)c1cc(C(C)(C)C)ccc1N2C1=CCCNC=C1. The molecular formula is C29H42N2S. The van der Waals surface area contributed by atoms with Crippen molar-refractivity contribution in [3.05, 3.63) is 71.6 Å². The quantitative estimate of drug-likeness (QED) is 0.437. The number of fused-ring (bicyclic) bond motifs is 2. The second-order valence-corrected chi connectivity index (χ2v) is 19.3. The molecule has 2 aromatic rings. The first-order chi connectivity index (χ1) is 14.7. The van der Waals surface area contributed by atoms with E-state index in [1.54, 1.807) is 0 Å². The Bertz CT molecular complexity index is 1050. The Labute approximate surface area is 196 Å². The van der Waals surface area contributed by atoms with Crippen LogP contribution in [0.25, 0.3) is 0 Å². The van der Waals surface area contributed by atoms with E-state index >= 15 is 0 Å². The van der Waals surface area contributed by atoms with Crippen LogP contribution in [0, 0.1) is 0 Å². The summed E-state index contributed by atoms with van der Waals surface area (Å²) in [4.78, 5) is 5.55. The Morgan fingerprint density at radius 1 is 0.781 bits per heavy atom. The summed E-state index contributed by atoms with van der Waals surface area (Å²) in [5.41, 5.74) is 7.03. The zero-order valence-electron chi connectivity index (χ0n) is 21.5. The smallest absolute Gasteiger partial charge is 0.0571 e. The third kappa shape index (κ3) is 3.79. The van der Waals surface area contributed by atoms with Gasteiger partial charge in [-0.05, 0) is 83.7 Å². The summed E-state index contributed by atoms with van der Waals surface area (Å²) in [7, 11) is -2.38. The number of hydrogen-bond acceptors (Lipinski definition) is 2. The van der Waals surface area contributed by atoms with Gasteiger partial charge in [0.2, 0.25) is 0 Å². The van der Waals surface area contributed by atoms with E-state index in [2.05, 4.69) is 125 Å². The maximum Gasteiger partial charge on any atom is 0.0571 e. The van der Waals surface area contributed by atoms with Crippen molar-refractivity contribution < 1.29 is 0 Å². The van der Waals surface area contributed by atoms with Gasteiger partial charge in [0.25, 0.3) is 0 Å². The lowest BCUT2D eigenvalue weighted by Crippen LogP contribution is -2.30. The molecule has 0 aliphatic carbocycles. The van der Waals surface area contributed by atoms with Gasteiger partial charge in [0.15, 0.2) is 0 Å². The van der Waals surface area contributed by atoms with Gasteiger partial charge in [-0.2, -0.15) is 0 Å². The number of thiol groups is 1. The molecule has 3 heteroatoms. The minimum Gasteiger partial charge on any atom is -0.391 e. The molecule has 0 atom stereocenters. The first-order valence-electron chi connectivity index (χ1n) is 11.9. The van der Waals surface area contributed by atoms with Crippen molar-refractivity contribution in [1.29, 1.82) is 0 Å². The molecule has 0 aromatic heterocycles. The fraction of sp³-hybridized carbons (Fsp3) is 0.448. The molecule has 2 aliphatic rings. The van der Waals surface area contributed by atoms with Crippen LogP contribution in [-0.2, 0) is 10.8 Å². The molecule has 2 heterocycles. The van der Waals surface area contributed by atoms with Crippen LogP contribution in [0.3, 0.4) is 0 Å². The number of nitrogens with zero attached hydrogens (tertiary/aromatic N) is 1. The second-order valence-electron chi connectivity index (χ2n) is 12.7. The van der Waals surface area contributed by atoms with Gasteiger partial charge in [0, 0.05) is 22.0 Å². The van der Waals surface area contributed by atoms with Crippen LogP contribution >= 0.6 is 9.16 Å². The number of hydrogen-bond donors (Lipinski definition) is 2. The van der Waals surface area contributed by atoms with Gasteiger partial charge in [-0.25, -0.2) is 9.16 Å². The highest BCUT2D eigenvalue weighted by molar-refractivity contribution is 8.48. The highest BCUT2D eigenvalue weighted by atomic mass is 32.3. The van der Waals surface area contributed by atoms with Gasteiger partial charge in [0.05, 0.1) is 11.4 Å². The van der Waals surface area contributed by atoms with E-state index in [0.717, 1.165) is 13.0 Å². The highest BCUT2D eigenvalue weighted by Crippen LogP contribution is 2.79. The van der Waals surface area contributed by atoms with Crippen molar-refractivity contribution in [3.8, 4) is 0 Å². The molecule has 2 nitrogen and oxygen atoms in total. The number of allylic oxidation sites excluding steroid dienone is 1. The molecule has 2 aliphatic heterocycles. The molecule has 0 saturated carbocycles. The second kappa shape index (κ2) is 7.18. The van der Waals surface area contributed by atoms with Gasteiger partial charge >= 0.3 is 0 Å². The van der Waals surface area contributed by atoms with Crippen molar-refractivity contribution in [1.82, 2.24) is 5.32 Å². The molecule has 0 amide bonds. The van der Waals surface area contributed by atoms with Crippen LogP contribution < -0.4 is 10.2 Å². The minimum atomic E-state index is -2.38. The Morgan fingerprint density at radius 3 is 1.75 bits per heavy atom. The summed E-state index contributed by atoms with van der Waals surface area (Å²) in [5, 5.41) is 3.39.